The molecule has 4 heterocycles. The molecule has 1 N–H and O–H groups in total. The molecule has 3 amide bonds. The van der Waals surface area contributed by atoms with E-state index in [4.69, 9.17) is 11.6 Å². The molecule has 4 aliphatic rings. The zero-order valence-corrected chi connectivity index (χ0v) is 19.3. The molecule has 0 radical (unpaired) electrons. The minimum absolute atomic E-state index is 0.0820. The summed E-state index contributed by atoms with van der Waals surface area (Å²) < 4.78 is 0. The Balaban J connectivity index is 1.54. The molecule has 10 heteroatoms. The molecule has 34 heavy (non-hydrogen) atoms. The van der Waals surface area contributed by atoms with Crippen molar-refractivity contribution in [3.8, 4) is 0 Å². The molecule has 9 nitrogen and oxygen atoms in total. The van der Waals surface area contributed by atoms with Crippen molar-refractivity contribution in [3.05, 3.63) is 62.2 Å². The number of hydrogen-bond acceptors (Lipinski definition) is 6. The highest BCUT2D eigenvalue weighted by molar-refractivity contribution is 6.33. The van der Waals surface area contributed by atoms with E-state index in [2.05, 4.69) is 10.2 Å². The van der Waals surface area contributed by atoms with Crippen molar-refractivity contribution in [2.45, 2.75) is 38.3 Å². The molecule has 0 bridgehead atoms. The predicted molar refractivity (Wildman–Crippen MR) is 124 cm³/mol. The van der Waals surface area contributed by atoms with E-state index in [1.165, 1.54) is 12.1 Å². The summed E-state index contributed by atoms with van der Waals surface area (Å²) in [5, 5.41) is 14.3. The van der Waals surface area contributed by atoms with Gasteiger partial charge in [0.05, 0.1) is 22.4 Å². The first-order valence-corrected chi connectivity index (χ1v) is 11.6. The number of nitro benzene ring substituents is 1. The third-order valence-electron chi connectivity index (χ3n) is 8.08. The summed E-state index contributed by atoms with van der Waals surface area (Å²) in [6.07, 6.45) is 1.51. The number of hydrogen-bond donors (Lipinski definition) is 1. The van der Waals surface area contributed by atoms with Crippen LogP contribution in [0.15, 0.2) is 30.3 Å². The number of nitrogens with zero attached hydrogens (tertiary/aromatic N) is 3. The smallest absolute Gasteiger partial charge is 0.289 e. The Labute approximate surface area is 199 Å². The third kappa shape index (κ3) is 2.35. The Kier molecular flexibility index (Phi) is 4.29. The summed E-state index contributed by atoms with van der Waals surface area (Å²) in [6, 6.07) is 7.46. The van der Waals surface area contributed by atoms with Gasteiger partial charge in [0, 0.05) is 23.4 Å². The van der Waals surface area contributed by atoms with Crippen molar-refractivity contribution in [2.75, 3.05) is 16.8 Å². The lowest BCUT2D eigenvalue weighted by molar-refractivity contribution is -0.384. The summed E-state index contributed by atoms with van der Waals surface area (Å²) in [5.74, 6) is -2.85. The fraction of sp³-hybridized carbons (Fsp3) is 0.375. The second-order valence-electron chi connectivity index (χ2n) is 9.46. The van der Waals surface area contributed by atoms with Crippen molar-refractivity contribution in [1.82, 2.24) is 4.90 Å². The van der Waals surface area contributed by atoms with Gasteiger partial charge in [-0.1, -0.05) is 23.7 Å². The molecule has 1 spiro atoms. The molecule has 2 aromatic rings. The highest BCUT2D eigenvalue weighted by Gasteiger charge is 2.74. The van der Waals surface area contributed by atoms with Gasteiger partial charge in [-0.15, -0.1) is 0 Å². The van der Waals surface area contributed by atoms with Crippen LogP contribution in [0.4, 0.5) is 17.1 Å². The van der Waals surface area contributed by atoms with Crippen LogP contribution >= 0.6 is 11.6 Å². The highest BCUT2D eigenvalue weighted by atomic mass is 35.5. The lowest BCUT2D eigenvalue weighted by Gasteiger charge is -2.36. The van der Waals surface area contributed by atoms with E-state index in [-0.39, 0.29) is 28.3 Å². The normalized spacial score (nSPS) is 29.6. The minimum atomic E-state index is -1.28. The molecule has 3 fully saturated rings. The lowest BCUT2D eigenvalue weighted by atomic mass is 9.75. The number of halogens is 1. The van der Waals surface area contributed by atoms with E-state index in [1.807, 2.05) is 26.0 Å². The topological polar surface area (TPSA) is 113 Å². The third-order valence-corrected chi connectivity index (χ3v) is 8.40. The van der Waals surface area contributed by atoms with Gasteiger partial charge in [-0.25, -0.2) is 4.90 Å². The van der Waals surface area contributed by atoms with Gasteiger partial charge in [0.2, 0.25) is 17.7 Å². The summed E-state index contributed by atoms with van der Waals surface area (Å²) in [7, 11) is 0. The SMILES string of the molecule is Cc1ccc2c(c1C)NC(=O)[C@@]21[C@@H]2C(=O)N(c3ccc(Cl)c([N+](=O)[O-])c3)C(=O)[C@@H]2[C@H]2CCCN21. The van der Waals surface area contributed by atoms with E-state index >= 15 is 0 Å². The monoisotopic (exact) mass is 480 g/mol. The lowest BCUT2D eigenvalue weighted by Crippen LogP contribution is -2.54. The number of nitro groups is 1. The first kappa shape index (κ1) is 21.2. The van der Waals surface area contributed by atoms with Crippen LogP contribution in [0.25, 0.3) is 0 Å². The minimum Gasteiger partial charge on any atom is -0.324 e. The van der Waals surface area contributed by atoms with Gasteiger partial charge in [0.15, 0.2) is 0 Å². The number of aryl methyl sites for hydroxylation is 1. The summed E-state index contributed by atoms with van der Waals surface area (Å²) in [6.45, 7) is 4.51. The van der Waals surface area contributed by atoms with Crippen LogP contribution in [0.5, 0.6) is 0 Å². The fourth-order valence-electron chi connectivity index (χ4n) is 6.55. The molecule has 3 saturated heterocycles. The number of carbonyl (C=O) groups excluding carboxylic acids is 3. The zero-order valence-electron chi connectivity index (χ0n) is 18.5. The largest absolute Gasteiger partial charge is 0.324 e. The molecule has 4 atom stereocenters. The average molecular weight is 481 g/mol. The number of nitrogens with one attached hydrogen (secondary N) is 1. The summed E-state index contributed by atoms with van der Waals surface area (Å²) in [4.78, 5) is 55.3. The molecule has 0 unspecified atom stereocenters. The first-order chi connectivity index (χ1) is 16.2. The molecule has 4 aliphatic heterocycles. The number of carbonyl (C=O) groups is 3. The summed E-state index contributed by atoms with van der Waals surface area (Å²) in [5.41, 5.74) is 1.82. The van der Waals surface area contributed by atoms with Gasteiger partial charge < -0.3 is 5.32 Å². The maximum absolute atomic E-state index is 14.0. The second-order valence-corrected chi connectivity index (χ2v) is 9.87. The van der Waals surface area contributed by atoms with E-state index in [1.54, 1.807) is 0 Å². The van der Waals surface area contributed by atoms with Crippen LogP contribution in [0, 0.1) is 35.8 Å². The maximum Gasteiger partial charge on any atom is 0.289 e. The van der Waals surface area contributed by atoms with Gasteiger partial charge in [0.25, 0.3) is 5.69 Å². The van der Waals surface area contributed by atoms with Crippen LogP contribution in [0.2, 0.25) is 5.02 Å². The molecule has 0 aliphatic carbocycles. The first-order valence-electron chi connectivity index (χ1n) is 11.2. The van der Waals surface area contributed by atoms with Gasteiger partial charge in [-0.05, 0) is 56.5 Å². The quantitative estimate of drug-likeness (QED) is 0.401. The fourth-order valence-corrected chi connectivity index (χ4v) is 6.74. The van der Waals surface area contributed by atoms with Gasteiger partial charge in [0.1, 0.15) is 10.6 Å². The number of imide groups is 1. The second kappa shape index (κ2) is 6.86. The Morgan fingerprint density at radius 1 is 1.15 bits per heavy atom. The van der Waals surface area contributed by atoms with Crippen molar-refractivity contribution in [3.63, 3.8) is 0 Å². The van der Waals surface area contributed by atoms with Crippen LogP contribution < -0.4 is 10.2 Å². The number of rotatable bonds is 2. The van der Waals surface area contributed by atoms with Gasteiger partial charge in [-0.3, -0.25) is 29.4 Å². The Hall–Kier alpha value is -3.30. The van der Waals surface area contributed by atoms with E-state index < -0.39 is 34.1 Å². The standard InChI is InChI=1S/C24H21ClN4O5/c1-11-5-7-14-20(12(11)2)26-23(32)24(14)19-18(16-4-3-9-27(16)24)21(30)28(22(19)31)13-6-8-15(25)17(10-13)29(33)34/h5-8,10,16,18-19H,3-4,9H2,1-2H3,(H,26,32)/t16-,18-,19+,24+/m1/s1. The molecule has 6 rings (SSSR count). The molecule has 174 valence electrons. The highest BCUT2D eigenvalue weighted by Crippen LogP contribution is 2.61. The van der Waals surface area contributed by atoms with Gasteiger partial charge in [-0.2, -0.15) is 0 Å². The molecule has 0 saturated carbocycles. The number of amides is 3. The van der Waals surface area contributed by atoms with Crippen molar-refractivity contribution >= 4 is 46.4 Å². The zero-order chi connectivity index (χ0) is 24.1. The Bertz CT molecular complexity index is 1340. The molecular weight excluding hydrogens is 460 g/mol. The van der Waals surface area contributed by atoms with Crippen molar-refractivity contribution in [1.29, 1.82) is 0 Å². The maximum atomic E-state index is 14.0. The van der Waals surface area contributed by atoms with Crippen molar-refractivity contribution in [2.24, 2.45) is 11.8 Å². The van der Waals surface area contributed by atoms with Crippen LogP contribution in [0.1, 0.15) is 29.5 Å². The average Bonchev–Trinajstić information content (AvgIpc) is 3.50. The van der Waals surface area contributed by atoms with Gasteiger partial charge >= 0.3 is 0 Å². The Morgan fingerprint density at radius 2 is 1.91 bits per heavy atom. The molecular formula is C24H21ClN4O5. The predicted octanol–water partition coefficient (Wildman–Crippen LogP) is 3.30. The Morgan fingerprint density at radius 3 is 2.65 bits per heavy atom. The molecule has 0 aromatic heterocycles. The van der Waals surface area contributed by atoms with Crippen LogP contribution in [-0.2, 0) is 19.9 Å². The van der Waals surface area contributed by atoms with Crippen LogP contribution in [-0.4, -0.2) is 40.1 Å². The molecule has 2 aromatic carbocycles. The number of anilines is 2. The van der Waals surface area contributed by atoms with E-state index in [9.17, 15) is 24.5 Å². The van der Waals surface area contributed by atoms with E-state index in [0.717, 1.165) is 34.1 Å². The van der Waals surface area contributed by atoms with Crippen molar-refractivity contribution < 1.29 is 19.3 Å². The van der Waals surface area contributed by atoms with Crippen LogP contribution in [0.3, 0.4) is 0 Å². The number of benzene rings is 2. The van der Waals surface area contributed by atoms with E-state index in [0.29, 0.717) is 18.7 Å². The number of fused-ring (bicyclic) bond motifs is 7. The summed E-state index contributed by atoms with van der Waals surface area (Å²) >= 11 is 5.95.